The number of aliphatic carboxylic acids is 1. The van der Waals surface area contributed by atoms with Gasteiger partial charge in [-0.25, -0.2) is 9.48 Å². The van der Waals surface area contributed by atoms with Crippen LogP contribution in [0.5, 0.6) is 5.75 Å². The van der Waals surface area contributed by atoms with Crippen molar-refractivity contribution in [1.82, 2.24) is 20.3 Å². The lowest BCUT2D eigenvalue weighted by molar-refractivity contribution is -0.140. The molecule has 2 aromatic rings. The van der Waals surface area contributed by atoms with Crippen molar-refractivity contribution in [1.29, 1.82) is 0 Å². The Hall–Kier alpha value is -2.90. The minimum atomic E-state index is -1.07. The highest BCUT2D eigenvalue weighted by Gasteiger charge is 2.28. The van der Waals surface area contributed by atoms with Crippen LogP contribution in [0.4, 0.5) is 0 Å². The second kappa shape index (κ2) is 7.78. The third kappa shape index (κ3) is 3.96. The predicted octanol–water partition coefficient (Wildman–Crippen LogP) is 1.81. The monoisotopic (exact) mass is 346 g/mol. The molecule has 8 nitrogen and oxygen atoms in total. The zero-order valence-corrected chi connectivity index (χ0v) is 14.7. The highest BCUT2D eigenvalue weighted by atomic mass is 16.5. The normalized spacial score (nSPS) is 13.1. The van der Waals surface area contributed by atoms with Crippen molar-refractivity contribution in [2.24, 2.45) is 5.92 Å². The molecule has 1 aromatic heterocycles. The molecule has 1 amide bonds. The van der Waals surface area contributed by atoms with Crippen LogP contribution in [0.3, 0.4) is 0 Å². The number of carboxylic acids is 1. The van der Waals surface area contributed by atoms with Crippen LogP contribution in [-0.4, -0.2) is 45.1 Å². The highest BCUT2D eigenvalue weighted by Crippen LogP contribution is 2.17. The molecule has 0 fully saturated rings. The maximum Gasteiger partial charge on any atom is 0.326 e. The highest BCUT2D eigenvalue weighted by molar-refractivity contribution is 5.95. The van der Waals surface area contributed by atoms with Crippen molar-refractivity contribution in [2.75, 3.05) is 7.11 Å². The Kier molecular flexibility index (Phi) is 5.74. The van der Waals surface area contributed by atoms with Gasteiger partial charge in [-0.15, -0.1) is 5.10 Å². The summed E-state index contributed by atoms with van der Waals surface area (Å²) in [5.41, 5.74) is 1.35. The van der Waals surface area contributed by atoms with Gasteiger partial charge in [0.05, 0.1) is 18.5 Å². The lowest BCUT2D eigenvalue weighted by Gasteiger charge is -2.19. The number of amides is 1. The van der Waals surface area contributed by atoms with Crippen molar-refractivity contribution < 1.29 is 19.4 Å². The summed E-state index contributed by atoms with van der Waals surface area (Å²) in [5, 5.41) is 19.7. The van der Waals surface area contributed by atoms with E-state index in [9.17, 15) is 14.7 Å². The number of methoxy groups -OCH3 is 1. The third-order valence-electron chi connectivity index (χ3n) is 4.19. The molecule has 0 aliphatic carbocycles. The molecule has 25 heavy (non-hydrogen) atoms. The number of carbonyl (C=O) groups is 2. The van der Waals surface area contributed by atoms with E-state index in [1.54, 1.807) is 45.2 Å². The number of nitrogens with one attached hydrogen (secondary N) is 1. The number of aromatic nitrogens is 3. The molecule has 0 saturated carbocycles. The van der Waals surface area contributed by atoms with E-state index in [0.29, 0.717) is 17.9 Å². The second-order valence-electron chi connectivity index (χ2n) is 5.81. The molecule has 0 radical (unpaired) electrons. The zero-order chi connectivity index (χ0) is 18.6. The summed E-state index contributed by atoms with van der Waals surface area (Å²) < 4.78 is 6.63. The number of rotatable bonds is 7. The number of benzene rings is 1. The topological polar surface area (TPSA) is 106 Å². The molecule has 2 rings (SSSR count). The largest absolute Gasteiger partial charge is 0.497 e. The minimum Gasteiger partial charge on any atom is -0.497 e. The maximum absolute atomic E-state index is 12.4. The molecule has 2 N–H and O–H groups in total. The van der Waals surface area contributed by atoms with Crippen LogP contribution >= 0.6 is 0 Å². The first kappa shape index (κ1) is 18.4. The summed E-state index contributed by atoms with van der Waals surface area (Å²) in [6.45, 7) is 5.36. The van der Waals surface area contributed by atoms with Gasteiger partial charge in [0.1, 0.15) is 11.8 Å². The fourth-order valence-corrected chi connectivity index (χ4v) is 2.40. The van der Waals surface area contributed by atoms with E-state index in [1.165, 1.54) is 4.68 Å². The van der Waals surface area contributed by atoms with Crippen LogP contribution in [0.1, 0.15) is 36.5 Å². The van der Waals surface area contributed by atoms with Crippen LogP contribution < -0.4 is 10.1 Å². The molecule has 0 aliphatic heterocycles. The van der Waals surface area contributed by atoms with Crippen molar-refractivity contribution in [2.45, 2.75) is 33.2 Å². The molecule has 2 unspecified atom stereocenters. The third-order valence-corrected chi connectivity index (χ3v) is 4.19. The Morgan fingerprint density at radius 1 is 1.32 bits per heavy atom. The van der Waals surface area contributed by atoms with Gasteiger partial charge in [0.2, 0.25) is 0 Å². The van der Waals surface area contributed by atoms with Crippen LogP contribution in [0.2, 0.25) is 0 Å². The second-order valence-corrected chi connectivity index (χ2v) is 5.81. The molecule has 134 valence electrons. The Morgan fingerprint density at radius 2 is 1.96 bits per heavy atom. The summed E-state index contributed by atoms with van der Waals surface area (Å²) in [5.74, 6) is -1.11. The van der Waals surface area contributed by atoms with Gasteiger partial charge in [-0.2, -0.15) is 0 Å². The van der Waals surface area contributed by atoms with Crippen LogP contribution in [-0.2, 0) is 4.79 Å². The molecule has 1 heterocycles. The Balaban J connectivity index is 2.24. The van der Waals surface area contributed by atoms with Gasteiger partial charge in [0.25, 0.3) is 5.91 Å². The number of nitrogens with zero attached hydrogens (tertiary/aromatic N) is 3. The van der Waals surface area contributed by atoms with Crippen LogP contribution in [0.25, 0.3) is 5.69 Å². The van der Waals surface area contributed by atoms with Crippen molar-refractivity contribution in [3.63, 3.8) is 0 Å². The SMILES string of the molecule is CCC(C)C(NC(=O)c1nnn(-c2ccc(OC)cc2)c1C)C(=O)O. The van der Waals surface area contributed by atoms with Crippen LogP contribution in [0, 0.1) is 12.8 Å². The molecular formula is C17H22N4O4. The number of hydrogen-bond donors (Lipinski definition) is 2. The molecule has 0 aliphatic rings. The average Bonchev–Trinajstić information content (AvgIpc) is 3.00. The predicted molar refractivity (Wildman–Crippen MR) is 91.0 cm³/mol. The van der Waals surface area contributed by atoms with E-state index in [-0.39, 0.29) is 11.6 Å². The number of ether oxygens (including phenoxy) is 1. The van der Waals surface area contributed by atoms with E-state index in [0.717, 1.165) is 5.69 Å². The first-order valence-electron chi connectivity index (χ1n) is 7.99. The fraction of sp³-hybridized carbons (Fsp3) is 0.412. The number of hydrogen-bond acceptors (Lipinski definition) is 5. The summed E-state index contributed by atoms with van der Waals surface area (Å²) in [6.07, 6.45) is 0.634. The quantitative estimate of drug-likeness (QED) is 0.792. The molecule has 0 bridgehead atoms. The molecule has 0 spiro atoms. The van der Waals surface area contributed by atoms with Gasteiger partial charge in [-0.3, -0.25) is 4.79 Å². The molecule has 8 heteroatoms. The molecule has 0 saturated heterocycles. The summed E-state index contributed by atoms with van der Waals surface area (Å²) in [7, 11) is 1.58. The van der Waals surface area contributed by atoms with Gasteiger partial charge >= 0.3 is 5.97 Å². The molecule has 1 aromatic carbocycles. The van der Waals surface area contributed by atoms with Gasteiger partial charge in [0.15, 0.2) is 5.69 Å². The van der Waals surface area contributed by atoms with Gasteiger partial charge in [-0.1, -0.05) is 25.5 Å². The van der Waals surface area contributed by atoms with E-state index >= 15 is 0 Å². The number of carboxylic acid groups (broad SMARTS) is 1. The summed E-state index contributed by atoms with van der Waals surface area (Å²) in [4.78, 5) is 23.8. The molecular weight excluding hydrogens is 324 g/mol. The maximum atomic E-state index is 12.4. The van der Waals surface area contributed by atoms with Crippen molar-refractivity contribution in [3.05, 3.63) is 35.7 Å². The van der Waals surface area contributed by atoms with Gasteiger partial charge in [0, 0.05) is 0 Å². The van der Waals surface area contributed by atoms with Gasteiger partial charge in [-0.05, 0) is 37.1 Å². The minimum absolute atomic E-state index is 0.102. The average molecular weight is 346 g/mol. The lowest BCUT2D eigenvalue weighted by Crippen LogP contribution is -2.45. The van der Waals surface area contributed by atoms with Crippen LogP contribution in [0.15, 0.2) is 24.3 Å². The Labute approximate surface area is 145 Å². The van der Waals surface area contributed by atoms with Crippen molar-refractivity contribution in [3.8, 4) is 11.4 Å². The summed E-state index contributed by atoms with van der Waals surface area (Å²) in [6, 6.07) is 6.17. The van der Waals surface area contributed by atoms with Crippen molar-refractivity contribution >= 4 is 11.9 Å². The Bertz CT molecular complexity index is 755. The van der Waals surface area contributed by atoms with E-state index in [2.05, 4.69) is 15.6 Å². The van der Waals surface area contributed by atoms with E-state index < -0.39 is 17.9 Å². The number of carbonyl (C=O) groups excluding carboxylic acids is 1. The first-order valence-corrected chi connectivity index (χ1v) is 7.99. The lowest BCUT2D eigenvalue weighted by atomic mass is 9.99. The Morgan fingerprint density at radius 3 is 2.48 bits per heavy atom. The summed E-state index contributed by atoms with van der Waals surface area (Å²) >= 11 is 0. The first-order chi connectivity index (χ1) is 11.9. The molecule has 2 atom stereocenters. The standard InChI is InChI=1S/C17H22N4O4/c1-5-10(2)14(17(23)24)18-16(22)15-11(3)21(20-19-15)12-6-8-13(25-4)9-7-12/h6-10,14H,5H2,1-4H3,(H,18,22)(H,23,24). The zero-order valence-electron chi connectivity index (χ0n) is 14.7. The van der Waals surface area contributed by atoms with E-state index in [1.807, 2.05) is 6.92 Å². The van der Waals surface area contributed by atoms with E-state index in [4.69, 9.17) is 4.74 Å². The smallest absolute Gasteiger partial charge is 0.326 e. The van der Waals surface area contributed by atoms with Gasteiger partial charge < -0.3 is 15.2 Å². The fourth-order valence-electron chi connectivity index (χ4n) is 2.40.